The van der Waals surface area contributed by atoms with E-state index >= 15 is 0 Å². The molecule has 12 heavy (non-hydrogen) atoms. The molecule has 6 nitrogen and oxygen atoms in total. The van der Waals surface area contributed by atoms with Crippen LogP contribution in [0.2, 0.25) is 0 Å². The van der Waals surface area contributed by atoms with Crippen molar-refractivity contribution in [2.45, 2.75) is 6.04 Å². The van der Waals surface area contributed by atoms with E-state index in [-0.39, 0.29) is 5.57 Å². The molecule has 1 rings (SSSR count). The molecule has 0 aromatic rings. The normalized spacial score (nSPS) is 18.6. The van der Waals surface area contributed by atoms with Crippen LogP contribution < -0.4 is 11.1 Å². The van der Waals surface area contributed by atoms with Crippen LogP contribution in [0.3, 0.4) is 0 Å². The molecule has 0 spiro atoms. The minimum atomic E-state index is -1.43. The summed E-state index contributed by atoms with van der Waals surface area (Å²) < 4.78 is 0. The van der Waals surface area contributed by atoms with Gasteiger partial charge in [0.1, 0.15) is 6.04 Å². The number of carbonyl (C=O) groups excluding carboxylic acids is 2. The van der Waals surface area contributed by atoms with Crippen LogP contribution in [0.1, 0.15) is 0 Å². The molecule has 0 fully saturated rings. The number of rotatable bonds is 2. The van der Waals surface area contributed by atoms with Crippen molar-refractivity contribution in [2.24, 2.45) is 5.73 Å². The van der Waals surface area contributed by atoms with E-state index in [0.29, 0.717) is 0 Å². The predicted octanol–water partition coefficient (Wildman–Crippen LogP) is -2.02. The van der Waals surface area contributed by atoms with Crippen LogP contribution in [0.15, 0.2) is 11.6 Å². The summed E-state index contributed by atoms with van der Waals surface area (Å²) >= 11 is 0. The maximum atomic E-state index is 10.8. The fourth-order valence-corrected chi connectivity index (χ4v) is 0.791. The number of hydrogen-bond acceptors (Lipinski definition) is 4. The summed E-state index contributed by atoms with van der Waals surface area (Å²) in [4.78, 5) is 31.6. The second kappa shape index (κ2) is 2.74. The molecule has 1 aliphatic heterocycles. The Balaban J connectivity index is 2.89. The number of aliphatic carboxylic acids is 1. The first-order valence-corrected chi connectivity index (χ1v) is 3.07. The summed E-state index contributed by atoms with van der Waals surface area (Å²) in [6, 6.07) is -1.43. The third kappa shape index (κ3) is 1.32. The van der Waals surface area contributed by atoms with Gasteiger partial charge in [-0.05, 0) is 0 Å². The summed E-state index contributed by atoms with van der Waals surface area (Å²) in [6.45, 7) is 0. The van der Waals surface area contributed by atoms with Crippen molar-refractivity contribution in [3.8, 4) is 0 Å². The van der Waals surface area contributed by atoms with Gasteiger partial charge in [-0.25, -0.2) is 0 Å². The second-order valence-electron chi connectivity index (χ2n) is 2.23. The zero-order chi connectivity index (χ0) is 9.30. The Morgan fingerprint density at radius 2 is 2.17 bits per heavy atom. The van der Waals surface area contributed by atoms with Crippen molar-refractivity contribution in [2.75, 3.05) is 0 Å². The highest BCUT2D eigenvalue weighted by Gasteiger charge is 2.29. The molecule has 0 saturated carbocycles. The Morgan fingerprint density at radius 3 is 2.50 bits per heavy atom. The number of amides is 2. The van der Waals surface area contributed by atoms with Crippen LogP contribution in [-0.4, -0.2) is 28.9 Å². The Kier molecular flexibility index (Phi) is 1.92. The van der Waals surface area contributed by atoms with Gasteiger partial charge in [-0.3, -0.25) is 19.7 Å². The van der Waals surface area contributed by atoms with Crippen LogP contribution in [0.4, 0.5) is 0 Å². The number of nitrogens with two attached hydrogens (primary N) is 1. The molecule has 0 bridgehead atoms. The molecule has 0 aromatic heterocycles. The topological polar surface area (TPSA) is 109 Å². The summed E-state index contributed by atoms with van der Waals surface area (Å²) in [5.41, 5.74) is 4.88. The van der Waals surface area contributed by atoms with Gasteiger partial charge in [0.25, 0.3) is 11.8 Å². The molecule has 0 aliphatic carbocycles. The number of carboxylic acids is 1. The number of carboxylic acid groups (broad SMARTS) is 1. The lowest BCUT2D eigenvalue weighted by Crippen LogP contribution is -2.36. The lowest BCUT2D eigenvalue weighted by Gasteiger charge is -2.03. The number of hydrogen-bond donors (Lipinski definition) is 3. The first kappa shape index (κ1) is 8.41. The maximum Gasteiger partial charge on any atom is 0.325 e. The summed E-state index contributed by atoms with van der Waals surface area (Å²) in [6.07, 6.45) is 0.890. The third-order valence-electron chi connectivity index (χ3n) is 1.39. The minimum absolute atomic E-state index is 0.215. The fourth-order valence-electron chi connectivity index (χ4n) is 0.791. The van der Waals surface area contributed by atoms with Crippen molar-refractivity contribution >= 4 is 17.8 Å². The average molecular weight is 170 g/mol. The van der Waals surface area contributed by atoms with E-state index in [2.05, 4.69) is 0 Å². The van der Waals surface area contributed by atoms with E-state index < -0.39 is 23.8 Å². The highest BCUT2D eigenvalue weighted by Crippen LogP contribution is 2.05. The van der Waals surface area contributed by atoms with E-state index in [1.807, 2.05) is 5.32 Å². The molecule has 1 atom stereocenters. The van der Waals surface area contributed by atoms with E-state index in [1.165, 1.54) is 0 Å². The van der Waals surface area contributed by atoms with Gasteiger partial charge >= 0.3 is 5.97 Å². The van der Waals surface area contributed by atoms with E-state index in [0.717, 1.165) is 6.08 Å². The van der Waals surface area contributed by atoms with E-state index in [4.69, 9.17) is 10.8 Å². The maximum absolute atomic E-state index is 10.8. The Labute approximate surface area is 67.0 Å². The van der Waals surface area contributed by atoms with Crippen molar-refractivity contribution in [1.29, 1.82) is 0 Å². The molecule has 2 amide bonds. The molecule has 6 heteroatoms. The zero-order valence-corrected chi connectivity index (χ0v) is 5.90. The first-order valence-electron chi connectivity index (χ1n) is 3.07. The minimum Gasteiger partial charge on any atom is -0.480 e. The van der Waals surface area contributed by atoms with Crippen molar-refractivity contribution < 1.29 is 19.5 Å². The molecular weight excluding hydrogens is 164 g/mol. The van der Waals surface area contributed by atoms with Gasteiger partial charge in [0.05, 0.1) is 5.57 Å². The molecule has 0 aromatic carbocycles. The van der Waals surface area contributed by atoms with Crippen molar-refractivity contribution in [3.63, 3.8) is 0 Å². The highest BCUT2D eigenvalue weighted by atomic mass is 16.4. The largest absolute Gasteiger partial charge is 0.480 e. The van der Waals surface area contributed by atoms with Gasteiger partial charge in [-0.1, -0.05) is 0 Å². The number of imide groups is 1. The standard InChI is InChI=1S/C6H6N2O4/c7-4(6(11)12)2-1-3(9)8-5(2)10/h1,4H,7H2,(H,11,12)(H,8,9,10). The van der Waals surface area contributed by atoms with Gasteiger partial charge in [-0.15, -0.1) is 0 Å². The number of nitrogens with one attached hydrogen (secondary N) is 1. The highest BCUT2D eigenvalue weighted by molar-refractivity contribution is 6.18. The predicted molar refractivity (Wildman–Crippen MR) is 36.8 cm³/mol. The SMILES string of the molecule is NC(C(=O)O)C1=CC(=O)NC1=O. The van der Waals surface area contributed by atoms with Gasteiger partial charge in [0.2, 0.25) is 0 Å². The van der Waals surface area contributed by atoms with Crippen LogP contribution in [0.5, 0.6) is 0 Å². The molecule has 1 unspecified atom stereocenters. The van der Waals surface area contributed by atoms with Gasteiger partial charge in [-0.2, -0.15) is 0 Å². The summed E-state index contributed by atoms with van der Waals surface area (Å²) in [7, 11) is 0. The third-order valence-corrected chi connectivity index (χ3v) is 1.39. The number of carbonyl (C=O) groups is 3. The van der Waals surface area contributed by atoms with Crippen LogP contribution in [-0.2, 0) is 14.4 Å². The Bertz CT molecular complexity index is 294. The second-order valence-corrected chi connectivity index (χ2v) is 2.23. The van der Waals surface area contributed by atoms with Gasteiger partial charge in [0.15, 0.2) is 0 Å². The van der Waals surface area contributed by atoms with E-state index in [1.54, 1.807) is 0 Å². The molecule has 0 radical (unpaired) electrons. The van der Waals surface area contributed by atoms with Crippen LogP contribution in [0.25, 0.3) is 0 Å². The lowest BCUT2D eigenvalue weighted by atomic mass is 10.1. The molecular formula is C6H6N2O4. The Hall–Kier alpha value is -1.69. The van der Waals surface area contributed by atoms with Gasteiger partial charge in [0, 0.05) is 6.08 Å². The Morgan fingerprint density at radius 1 is 1.58 bits per heavy atom. The van der Waals surface area contributed by atoms with Gasteiger partial charge < -0.3 is 10.8 Å². The smallest absolute Gasteiger partial charge is 0.325 e. The fraction of sp³-hybridized carbons (Fsp3) is 0.167. The first-order chi connectivity index (χ1) is 5.52. The van der Waals surface area contributed by atoms with Crippen LogP contribution in [0, 0.1) is 0 Å². The monoisotopic (exact) mass is 170 g/mol. The molecule has 64 valence electrons. The molecule has 1 aliphatic rings. The summed E-state index contributed by atoms with van der Waals surface area (Å²) in [5.74, 6) is -2.72. The quantitative estimate of drug-likeness (QED) is 0.414. The van der Waals surface area contributed by atoms with Crippen LogP contribution >= 0.6 is 0 Å². The zero-order valence-electron chi connectivity index (χ0n) is 5.90. The average Bonchev–Trinajstić information content (AvgIpc) is 2.28. The molecule has 1 heterocycles. The van der Waals surface area contributed by atoms with Crippen molar-refractivity contribution in [3.05, 3.63) is 11.6 Å². The van der Waals surface area contributed by atoms with E-state index in [9.17, 15) is 14.4 Å². The summed E-state index contributed by atoms with van der Waals surface area (Å²) in [5, 5.41) is 10.3. The molecule has 0 saturated heterocycles. The lowest BCUT2D eigenvalue weighted by molar-refractivity contribution is -0.138. The molecule has 4 N–H and O–H groups in total. The van der Waals surface area contributed by atoms with Crippen molar-refractivity contribution in [1.82, 2.24) is 5.32 Å².